The van der Waals surface area contributed by atoms with E-state index in [1.807, 2.05) is 42.6 Å². The van der Waals surface area contributed by atoms with Gasteiger partial charge < -0.3 is 4.57 Å². The monoisotopic (exact) mass is 412 g/mol. The number of aromatic nitrogens is 1. The Hall–Kier alpha value is -3.44. The lowest BCUT2D eigenvalue weighted by molar-refractivity contribution is -0.119. The number of hydrogen-bond donors (Lipinski definition) is 1. The van der Waals surface area contributed by atoms with Gasteiger partial charge in [-0.15, -0.1) is 0 Å². The van der Waals surface area contributed by atoms with Crippen molar-refractivity contribution < 1.29 is 9.59 Å². The quantitative estimate of drug-likeness (QED) is 0.460. The molecule has 1 N–H and O–H groups in total. The number of imide groups is 1. The van der Waals surface area contributed by atoms with E-state index in [2.05, 4.69) is 58.2 Å². The predicted octanol–water partition coefficient (Wildman–Crippen LogP) is 5.35. The summed E-state index contributed by atoms with van der Waals surface area (Å²) in [6.07, 6.45) is 2.05. The molecule has 0 aliphatic carbocycles. The number of nitrogens with zero attached hydrogens (tertiary/aromatic N) is 1. The Kier molecular flexibility index (Phi) is 4.60. The maximum Gasteiger partial charge on any atom is 0.280 e. The molecule has 0 spiro atoms. The molecule has 1 aliphatic heterocycles. The van der Waals surface area contributed by atoms with Gasteiger partial charge in [0.25, 0.3) is 5.24 Å². The summed E-state index contributed by atoms with van der Waals surface area (Å²) in [6, 6.07) is 26.7. The van der Waals surface area contributed by atoms with Gasteiger partial charge in [0.2, 0.25) is 5.91 Å². The fraction of sp³-hybridized carbons (Fsp3) is 0.0800. The minimum absolute atomic E-state index is 0.256. The van der Waals surface area contributed by atoms with E-state index in [9.17, 15) is 9.59 Å². The first-order valence-corrected chi connectivity index (χ1v) is 11.2. The molecule has 5 rings (SSSR count). The van der Waals surface area contributed by atoms with Gasteiger partial charge in [-0.1, -0.05) is 83.1 Å². The average molecular weight is 413 g/mol. The van der Waals surface area contributed by atoms with Gasteiger partial charge in [-0.25, -0.2) is 0 Å². The zero-order valence-electron chi connectivity index (χ0n) is 16.2. The summed E-state index contributed by atoms with van der Waals surface area (Å²) in [5.74, 6) is 3.68. The Bertz CT molecular complexity index is 1310. The maximum absolute atomic E-state index is 12.4. The minimum atomic E-state index is -0.909. The Balaban J connectivity index is 1.57. The standard InChI is InChI=1S/C25H20N2O2S/c1-30-23(24(28)26-25(30)29)21-12-7-13-22-20(21)14-15-27(22)16-18-10-5-6-11-19(18)17-8-3-2-4-9-17/h2-15,23H,1,16H2,(H,26,28,29). The Morgan fingerprint density at radius 3 is 2.43 bits per heavy atom. The second-order valence-electron chi connectivity index (χ2n) is 7.33. The first-order chi connectivity index (χ1) is 14.6. The van der Waals surface area contributed by atoms with Crippen LogP contribution >= 0.6 is 10.5 Å². The molecule has 1 fully saturated rings. The smallest absolute Gasteiger partial charge is 0.280 e. The molecule has 0 saturated carbocycles. The normalized spacial score (nSPS) is 18.7. The van der Waals surface area contributed by atoms with Gasteiger partial charge in [-0.3, -0.25) is 14.9 Å². The molecule has 2 amide bonds. The average Bonchev–Trinajstić information content (AvgIpc) is 3.29. The summed E-state index contributed by atoms with van der Waals surface area (Å²) >= 11 is 0. The first-order valence-electron chi connectivity index (χ1n) is 9.72. The number of hydrogen-bond acceptors (Lipinski definition) is 2. The number of rotatable bonds is 4. The van der Waals surface area contributed by atoms with Crippen LogP contribution in [0.2, 0.25) is 0 Å². The van der Waals surface area contributed by atoms with Crippen LogP contribution in [0.3, 0.4) is 0 Å². The third-order valence-corrected chi connectivity index (χ3v) is 7.17. The zero-order chi connectivity index (χ0) is 20.7. The van der Waals surface area contributed by atoms with Gasteiger partial charge in [-0.05, 0) is 34.4 Å². The lowest BCUT2D eigenvalue weighted by atomic mass is 9.99. The lowest BCUT2D eigenvalue weighted by Gasteiger charge is -2.13. The number of benzene rings is 3. The van der Waals surface area contributed by atoms with Crippen LogP contribution in [-0.4, -0.2) is 21.6 Å². The summed E-state index contributed by atoms with van der Waals surface area (Å²) in [7, 11) is -0.909. The predicted molar refractivity (Wildman–Crippen MR) is 124 cm³/mol. The highest BCUT2D eigenvalue weighted by atomic mass is 32.2. The van der Waals surface area contributed by atoms with Crippen molar-refractivity contribution in [3.8, 4) is 11.1 Å². The van der Waals surface area contributed by atoms with Crippen molar-refractivity contribution >= 4 is 38.4 Å². The van der Waals surface area contributed by atoms with Crippen molar-refractivity contribution in [2.24, 2.45) is 0 Å². The molecule has 4 aromatic rings. The van der Waals surface area contributed by atoms with Crippen molar-refractivity contribution in [3.05, 3.63) is 96.2 Å². The Morgan fingerprint density at radius 1 is 0.900 bits per heavy atom. The van der Waals surface area contributed by atoms with Crippen molar-refractivity contribution in [2.45, 2.75) is 11.8 Å². The molecule has 2 heterocycles. The van der Waals surface area contributed by atoms with Crippen molar-refractivity contribution in [3.63, 3.8) is 0 Å². The second kappa shape index (κ2) is 7.43. The van der Waals surface area contributed by atoms with Crippen LogP contribution in [0, 0.1) is 0 Å². The fourth-order valence-corrected chi connectivity index (χ4v) is 5.39. The molecular formula is C25H20N2O2S. The summed E-state index contributed by atoms with van der Waals surface area (Å²) in [5, 5.41) is 2.61. The van der Waals surface area contributed by atoms with Gasteiger partial charge in [0, 0.05) is 23.6 Å². The highest BCUT2D eigenvalue weighted by molar-refractivity contribution is 8.28. The van der Waals surface area contributed by atoms with E-state index in [4.69, 9.17) is 0 Å². The van der Waals surface area contributed by atoms with E-state index in [0.29, 0.717) is 6.54 Å². The van der Waals surface area contributed by atoms with Crippen LogP contribution in [0.1, 0.15) is 16.4 Å². The van der Waals surface area contributed by atoms with Crippen LogP contribution in [0.15, 0.2) is 85.1 Å². The van der Waals surface area contributed by atoms with Gasteiger partial charge >= 0.3 is 0 Å². The number of carbonyl (C=O) groups is 2. The molecule has 2 unspecified atom stereocenters. The van der Waals surface area contributed by atoms with Crippen molar-refractivity contribution in [2.75, 3.05) is 0 Å². The van der Waals surface area contributed by atoms with E-state index in [1.165, 1.54) is 16.7 Å². The zero-order valence-corrected chi connectivity index (χ0v) is 17.1. The van der Waals surface area contributed by atoms with Crippen LogP contribution in [0.4, 0.5) is 4.79 Å². The van der Waals surface area contributed by atoms with Crippen LogP contribution in [0.5, 0.6) is 0 Å². The molecule has 4 nitrogen and oxygen atoms in total. The van der Waals surface area contributed by atoms with E-state index < -0.39 is 15.7 Å². The largest absolute Gasteiger partial charge is 0.343 e. The summed E-state index contributed by atoms with van der Waals surface area (Å²) in [5.41, 5.74) is 5.52. The van der Waals surface area contributed by atoms with Gasteiger partial charge in [0.1, 0.15) is 5.25 Å². The first kappa shape index (κ1) is 18.6. The number of fused-ring (bicyclic) bond motifs is 1. The third-order valence-electron chi connectivity index (χ3n) is 5.56. The SMILES string of the molecule is C=S1C(=O)NC(=O)C1c1cccc2c1ccn2Cc1ccccc1-c1ccccc1. The highest BCUT2D eigenvalue weighted by Crippen LogP contribution is 2.42. The number of amides is 2. The van der Waals surface area contributed by atoms with Gasteiger partial charge in [-0.2, -0.15) is 0 Å². The van der Waals surface area contributed by atoms with E-state index in [0.717, 1.165) is 16.5 Å². The molecule has 3 aromatic carbocycles. The molecule has 1 aromatic heterocycles. The topological polar surface area (TPSA) is 51.1 Å². The van der Waals surface area contributed by atoms with E-state index >= 15 is 0 Å². The van der Waals surface area contributed by atoms with Crippen LogP contribution < -0.4 is 5.32 Å². The number of carbonyl (C=O) groups excluding carboxylic acids is 2. The molecule has 148 valence electrons. The molecule has 0 radical (unpaired) electrons. The maximum atomic E-state index is 12.4. The molecule has 1 aliphatic rings. The van der Waals surface area contributed by atoms with Gasteiger partial charge in [0.05, 0.1) is 0 Å². The van der Waals surface area contributed by atoms with Crippen molar-refractivity contribution in [1.82, 2.24) is 9.88 Å². The lowest BCUT2D eigenvalue weighted by Crippen LogP contribution is -2.20. The van der Waals surface area contributed by atoms with Crippen LogP contribution in [-0.2, 0) is 11.3 Å². The van der Waals surface area contributed by atoms with Crippen molar-refractivity contribution in [1.29, 1.82) is 0 Å². The fourth-order valence-electron chi connectivity index (χ4n) is 4.12. The van der Waals surface area contributed by atoms with Crippen LogP contribution in [0.25, 0.3) is 22.0 Å². The Morgan fingerprint density at radius 2 is 1.67 bits per heavy atom. The highest BCUT2D eigenvalue weighted by Gasteiger charge is 2.36. The molecule has 5 heteroatoms. The number of nitrogens with one attached hydrogen (secondary N) is 1. The molecule has 2 atom stereocenters. The summed E-state index contributed by atoms with van der Waals surface area (Å²) in [4.78, 5) is 24.3. The van der Waals surface area contributed by atoms with E-state index in [1.54, 1.807) is 0 Å². The summed E-state index contributed by atoms with van der Waals surface area (Å²) in [6.45, 7) is 0.712. The molecule has 30 heavy (non-hydrogen) atoms. The molecular weight excluding hydrogens is 392 g/mol. The van der Waals surface area contributed by atoms with Gasteiger partial charge in [0.15, 0.2) is 0 Å². The van der Waals surface area contributed by atoms with E-state index in [-0.39, 0.29) is 11.1 Å². The molecule has 1 saturated heterocycles. The minimum Gasteiger partial charge on any atom is -0.343 e. The summed E-state index contributed by atoms with van der Waals surface area (Å²) < 4.78 is 2.19. The Labute approximate surface area is 177 Å². The second-order valence-corrected chi connectivity index (χ2v) is 9.03. The molecule has 0 bridgehead atoms. The third kappa shape index (κ3) is 3.08.